The first-order valence-corrected chi connectivity index (χ1v) is 8.59. The highest BCUT2D eigenvalue weighted by molar-refractivity contribution is 7.45. The van der Waals surface area contributed by atoms with Crippen molar-refractivity contribution in [2.45, 2.75) is 20.3 Å². The summed E-state index contributed by atoms with van der Waals surface area (Å²) in [6.07, 6.45) is 1.31. The van der Waals surface area contributed by atoms with Gasteiger partial charge in [0.25, 0.3) is 0 Å². The molecule has 5 nitrogen and oxygen atoms in total. The van der Waals surface area contributed by atoms with Crippen LogP contribution in [0.5, 0.6) is 5.75 Å². The molecule has 0 amide bonds. The van der Waals surface area contributed by atoms with Crippen LogP contribution in [0, 0.1) is 6.92 Å². The second kappa shape index (κ2) is 10.9. The Kier molecular flexibility index (Phi) is 9.55. The Morgan fingerprint density at radius 2 is 1.67 bits per heavy atom. The van der Waals surface area contributed by atoms with Gasteiger partial charge in [-0.2, -0.15) is 0 Å². The van der Waals surface area contributed by atoms with Gasteiger partial charge in [0.15, 0.2) is 8.38 Å². The Morgan fingerprint density at radius 3 is 2.29 bits per heavy atom. The van der Waals surface area contributed by atoms with Crippen LogP contribution < -0.4 is 4.74 Å². The zero-order chi connectivity index (χ0) is 15.5. The molecule has 1 aromatic rings. The highest BCUT2D eigenvalue weighted by Gasteiger charge is 2.00. The molecule has 0 saturated carbocycles. The zero-order valence-corrected chi connectivity index (χ0v) is 13.6. The molecule has 0 atom stereocenters. The van der Waals surface area contributed by atoms with Gasteiger partial charge >= 0.3 is 0 Å². The van der Waals surface area contributed by atoms with Gasteiger partial charge in [-0.3, -0.25) is 0 Å². The smallest absolute Gasteiger partial charge is 0.167 e. The van der Waals surface area contributed by atoms with Crippen LogP contribution in [0.25, 0.3) is 0 Å². The maximum absolute atomic E-state index is 8.68. The minimum atomic E-state index is -1.85. The van der Waals surface area contributed by atoms with Gasteiger partial charge in [0, 0.05) is 6.16 Å². The first-order valence-electron chi connectivity index (χ1n) is 7.16. The summed E-state index contributed by atoms with van der Waals surface area (Å²) >= 11 is 0. The van der Waals surface area contributed by atoms with Crippen molar-refractivity contribution in [3.63, 3.8) is 0 Å². The summed E-state index contributed by atoms with van der Waals surface area (Å²) in [6.45, 7) is 6.51. The van der Waals surface area contributed by atoms with E-state index < -0.39 is 8.38 Å². The first kappa shape index (κ1) is 18.3. The van der Waals surface area contributed by atoms with Crippen molar-refractivity contribution < 1.29 is 24.0 Å². The van der Waals surface area contributed by atoms with E-state index in [0.29, 0.717) is 33.0 Å². The summed E-state index contributed by atoms with van der Waals surface area (Å²) in [7, 11) is -1.85. The van der Waals surface area contributed by atoms with Crippen LogP contribution in [0.3, 0.4) is 0 Å². The highest BCUT2D eigenvalue weighted by Crippen LogP contribution is 2.21. The molecular weight excluding hydrogens is 291 g/mol. The van der Waals surface area contributed by atoms with E-state index in [1.54, 1.807) is 0 Å². The van der Waals surface area contributed by atoms with Crippen molar-refractivity contribution in [1.82, 2.24) is 0 Å². The minimum Gasteiger partial charge on any atom is -0.491 e. The van der Waals surface area contributed by atoms with E-state index >= 15 is 0 Å². The van der Waals surface area contributed by atoms with Gasteiger partial charge in [-0.05, 0) is 36.6 Å². The Labute approximate surface area is 127 Å². The zero-order valence-electron chi connectivity index (χ0n) is 12.7. The van der Waals surface area contributed by atoms with Crippen molar-refractivity contribution in [2.75, 3.05) is 39.2 Å². The first-order chi connectivity index (χ1) is 10.1. The Morgan fingerprint density at radius 1 is 1.00 bits per heavy atom. The molecule has 6 heteroatoms. The number of rotatable bonds is 11. The maximum atomic E-state index is 8.68. The number of ether oxygens (including phenoxy) is 3. The van der Waals surface area contributed by atoms with Crippen LogP contribution in [0.1, 0.15) is 18.1 Å². The maximum Gasteiger partial charge on any atom is 0.167 e. The normalized spacial score (nSPS) is 11.1. The number of aryl methyl sites for hydroxylation is 2. The average molecular weight is 316 g/mol. The molecule has 0 radical (unpaired) electrons. The van der Waals surface area contributed by atoms with Crippen LogP contribution >= 0.6 is 8.38 Å². The van der Waals surface area contributed by atoms with Gasteiger partial charge in [0.1, 0.15) is 12.4 Å². The fourth-order valence-corrected chi connectivity index (χ4v) is 2.13. The molecule has 0 heterocycles. The summed E-state index contributed by atoms with van der Waals surface area (Å²) in [5.41, 5.74) is 2.59. The summed E-state index contributed by atoms with van der Waals surface area (Å²) in [5.74, 6) is 0.865. The fourth-order valence-electron chi connectivity index (χ4n) is 1.84. The SMILES string of the molecule is CCc1ccc(OCCOCCOCCP(O)O)cc1C. The predicted octanol–water partition coefficient (Wildman–Crippen LogP) is 2.27. The van der Waals surface area contributed by atoms with E-state index in [1.165, 1.54) is 11.1 Å². The minimum absolute atomic E-state index is 0.283. The number of hydrogen-bond donors (Lipinski definition) is 2. The van der Waals surface area contributed by atoms with Crippen molar-refractivity contribution in [3.05, 3.63) is 29.3 Å². The summed E-state index contributed by atoms with van der Waals surface area (Å²) in [4.78, 5) is 17.4. The predicted molar refractivity (Wildman–Crippen MR) is 83.9 cm³/mol. The molecule has 0 unspecified atom stereocenters. The highest BCUT2D eigenvalue weighted by atomic mass is 31.2. The molecular formula is C15H25O5P. The van der Waals surface area contributed by atoms with Gasteiger partial charge in [-0.25, -0.2) is 0 Å². The molecule has 21 heavy (non-hydrogen) atoms. The molecule has 0 saturated heterocycles. The van der Waals surface area contributed by atoms with E-state index in [1.807, 2.05) is 12.1 Å². The van der Waals surface area contributed by atoms with Crippen molar-refractivity contribution >= 4 is 8.38 Å². The molecule has 0 aliphatic heterocycles. The third kappa shape index (κ3) is 8.34. The quantitative estimate of drug-likeness (QED) is 0.484. The Bertz CT molecular complexity index is 398. The van der Waals surface area contributed by atoms with Crippen molar-refractivity contribution in [3.8, 4) is 5.75 Å². The second-order valence-corrected chi connectivity index (χ2v) is 5.80. The van der Waals surface area contributed by atoms with Crippen molar-refractivity contribution in [1.29, 1.82) is 0 Å². The monoisotopic (exact) mass is 316 g/mol. The van der Waals surface area contributed by atoms with Crippen LogP contribution in [0.2, 0.25) is 0 Å². The Balaban J connectivity index is 2.03. The lowest BCUT2D eigenvalue weighted by Crippen LogP contribution is -2.12. The largest absolute Gasteiger partial charge is 0.491 e. The van der Waals surface area contributed by atoms with E-state index in [9.17, 15) is 0 Å². The van der Waals surface area contributed by atoms with Gasteiger partial charge < -0.3 is 24.0 Å². The molecule has 120 valence electrons. The van der Waals surface area contributed by atoms with E-state index in [0.717, 1.165) is 12.2 Å². The lowest BCUT2D eigenvalue weighted by atomic mass is 10.1. The third-order valence-corrected chi connectivity index (χ3v) is 3.58. The van der Waals surface area contributed by atoms with E-state index in [2.05, 4.69) is 19.9 Å². The molecule has 1 rings (SSSR count). The molecule has 0 aliphatic carbocycles. The van der Waals surface area contributed by atoms with Crippen LogP contribution in [0.15, 0.2) is 18.2 Å². The van der Waals surface area contributed by atoms with Crippen LogP contribution in [-0.4, -0.2) is 49.0 Å². The Hall–Kier alpha value is -0.710. The van der Waals surface area contributed by atoms with Crippen molar-refractivity contribution in [2.24, 2.45) is 0 Å². The molecule has 2 N–H and O–H groups in total. The summed E-state index contributed by atoms with van der Waals surface area (Å²) < 4.78 is 16.2. The third-order valence-electron chi connectivity index (χ3n) is 3.00. The number of benzene rings is 1. The second-order valence-electron chi connectivity index (χ2n) is 4.61. The molecule has 0 spiro atoms. The molecule has 0 fully saturated rings. The van der Waals surface area contributed by atoms with Gasteiger partial charge in [-0.15, -0.1) is 0 Å². The van der Waals surface area contributed by atoms with Crippen LogP contribution in [-0.2, 0) is 15.9 Å². The standard InChI is InChI=1S/C15H25O5P/c1-3-14-4-5-15(12-13(14)2)20-9-8-18-6-7-19-10-11-21(16)17/h4-5,12,16-17H,3,6-11H2,1-2H3. The van der Waals surface area contributed by atoms with Crippen LogP contribution in [0.4, 0.5) is 0 Å². The average Bonchev–Trinajstić information content (AvgIpc) is 2.45. The number of hydrogen-bond acceptors (Lipinski definition) is 5. The van der Waals surface area contributed by atoms with E-state index in [4.69, 9.17) is 24.0 Å². The summed E-state index contributed by atoms with van der Waals surface area (Å²) in [6, 6.07) is 6.12. The van der Waals surface area contributed by atoms with E-state index in [-0.39, 0.29) is 6.16 Å². The topological polar surface area (TPSA) is 68.2 Å². The molecule has 0 bridgehead atoms. The molecule has 0 aromatic heterocycles. The molecule has 0 aliphatic rings. The van der Waals surface area contributed by atoms with Gasteiger partial charge in [0.2, 0.25) is 0 Å². The lowest BCUT2D eigenvalue weighted by molar-refractivity contribution is 0.0406. The fraction of sp³-hybridized carbons (Fsp3) is 0.600. The summed E-state index contributed by atoms with van der Waals surface area (Å²) in [5, 5.41) is 0. The van der Waals surface area contributed by atoms with Gasteiger partial charge in [0.05, 0.1) is 26.4 Å². The molecule has 1 aromatic carbocycles. The lowest BCUT2D eigenvalue weighted by Gasteiger charge is -2.10. The van der Waals surface area contributed by atoms with Gasteiger partial charge in [-0.1, -0.05) is 13.0 Å².